The van der Waals surface area contributed by atoms with E-state index >= 15 is 0 Å². The summed E-state index contributed by atoms with van der Waals surface area (Å²) in [7, 11) is 0. The van der Waals surface area contributed by atoms with Crippen LogP contribution in [0.25, 0.3) is 0 Å². The van der Waals surface area contributed by atoms with Crippen LogP contribution in [0.3, 0.4) is 0 Å². The third-order valence-electron chi connectivity index (χ3n) is 3.85. The van der Waals surface area contributed by atoms with Crippen molar-refractivity contribution < 1.29 is 4.39 Å². The molecule has 0 radical (unpaired) electrons. The van der Waals surface area contributed by atoms with Gasteiger partial charge < -0.3 is 5.32 Å². The van der Waals surface area contributed by atoms with E-state index in [1.54, 1.807) is 6.07 Å². The number of benzene rings is 1. The first-order chi connectivity index (χ1) is 8.58. The molecule has 1 N–H and O–H groups in total. The lowest BCUT2D eigenvalue weighted by Gasteiger charge is -2.21. The maximum absolute atomic E-state index is 13.3. The van der Waals surface area contributed by atoms with E-state index in [9.17, 15) is 4.39 Å². The summed E-state index contributed by atoms with van der Waals surface area (Å²) in [5.41, 5.74) is 0.919. The monoisotopic (exact) mass is 269 g/mol. The van der Waals surface area contributed by atoms with Crippen LogP contribution in [0.15, 0.2) is 18.2 Å². The van der Waals surface area contributed by atoms with Gasteiger partial charge in [0.2, 0.25) is 0 Å². The predicted octanol–water partition coefficient (Wildman–Crippen LogP) is 4.05. The molecule has 2 unspecified atom stereocenters. The second kappa shape index (κ2) is 6.03. The average molecular weight is 270 g/mol. The van der Waals surface area contributed by atoms with Gasteiger partial charge in [-0.2, -0.15) is 0 Å². The van der Waals surface area contributed by atoms with Crippen LogP contribution in [0.4, 0.5) is 4.39 Å². The first-order valence-electron chi connectivity index (χ1n) is 6.74. The molecule has 18 heavy (non-hydrogen) atoms. The highest BCUT2D eigenvalue weighted by molar-refractivity contribution is 6.31. The minimum atomic E-state index is -0.315. The topological polar surface area (TPSA) is 12.0 Å². The molecule has 0 amide bonds. The van der Waals surface area contributed by atoms with E-state index < -0.39 is 0 Å². The van der Waals surface area contributed by atoms with Crippen molar-refractivity contribution >= 4 is 11.6 Å². The summed E-state index contributed by atoms with van der Waals surface area (Å²) in [4.78, 5) is 0. The number of nitrogens with one attached hydrogen (secondary N) is 1. The molecule has 0 bridgehead atoms. The Bertz CT molecular complexity index is 403. The highest BCUT2D eigenvalue weighted by atomic mass is 35.5. The molecule has 0 spiro atoms. The molecule has 100 valence electrons. The van der Waals surface area contributed by atoms with Crippen molar-refractivity contribution in [3.63, 3.8) is 0 Å². The number of hydrogen-bond donors (Lipinski definition) is 1. The zero-order chi connectivity index (χ0) is 13.1. The standard InChI is InChI=1S/C15H21ClFN/c1-10(11(2)9-18-13-6-7-13)8-12-4-3-5-14(17)15(12)16/h3-5,10-11,13,18H,6-9H2,1-2H3. The molecule has 1 aromatic carbocycles. The maximum atomic E-state index is 13.3. The highest BCUT2D eigenvalue weighted by Crippen LogP contribution is 2.25. The molecule has 1 nitrogen and oxygen atoms in total. The molecule has 1 aromatic rings. The molecule has 2 atom stereocenters. The zero-order valence-electron chi connectivity index (χ0n) is 11.0. The van der Waals surface area contributed by atoms with Crippen LogP contribution in [-0.2, 0) is 6.42 Å². The molecular weight excluding hydrogens is 249 g/mol. The molecule has 3 heteroatoms. The third-order valence-corrected chi connectivity index (χ3v) is 4.27. The van der Waals surface area contributed by atoms with Gasteiger partial charge in [0.15, 0.2) is 0 Å². The van der Waals surface area contributed by atoms with Gasteiger partial charge in [-0.15, -0.1) is 0 Å². The minimum Gasteiger partial charge on any atom is -0.314 e. The molecule has 1 aliphatic carbocycles. The average Bonchev–Trinajstić information content (AvgIpc) is 3.16. The summed E-state index contributed by atoms with van der Waals surface area (Å²) in [6.07, 6.45) is 3.47. The highest BCUT2D eigenvalue weighted by Gasteiger charge is 2.22. The van der Waals surface area contributed by atoms with Gasteiger partial charge in [-0.3, -0.25) is 0 Å². The third kappa shape index (κ3) is 3.69. The Balaban J connectivity index is 1.88. The first-order valence-corrected chi connectivity index (χ1v) is 7.12. The quantitative estimate of drug-likeness (QED) is 0.822. The van der Waals surface area contributed by atoms with Gasteiger partial charge in [-0.25, -0.2) is 4.39 Å². The van der Waals surface area contributed by atoms with Crippen LogP contribution >= 0.6 is 11.6 Å². The molecule has 0 saturated heterocycles. The summed E-state index contributed by atoms with van der Waals surface area (Å²) >= 11 is 5.99. The molecule has 0 heterocycles. The van der Waals surface area contributed by atoms with Crippen LogP contribution < -0.4 is 5.32 Å². The smallest absolute Gasteiger partial charge is 0.142 e. The van der Waals surface area contributed by atoms with Crippen molar-refractivity contribution in [3.8, 4) is 0 Å². The zero-order valence-corrected chi connectivity index (χ0v) is 11.8. The summed E-state index contributed by atoms with van der Waals surface area (Å²) in [5.74, 6) is 0.755. The van der Waals surface area contributed by atoms with Crippen LogP contribution in [0.5, 0.6) is 0 Å². The minimum absolute atomic E-state index is 0.284. The van der Waals surface area contributed by atoms with Crippen molar-refractivity contribution in [3.05, 3.63) is 34.6 Å². The van der Waals surface area contributed by atoms with Crippen LogP contribution in [0.2, 0.25) is 5.02 Å². The molecule has 2 rings (SSSR count). The van der Waals surface area contributed by atoms with Gasteiger partial charge in [-0.1, -0.05) is 37.6 Å². The van der Waals surface area contributed by atoms with E-state index in [0.717, 1.165) is 24.6 Å². The van der Waals surface area contributed by atoms with Crippen LogP contribution in [0, 0.1) is 17.7 Å². The molecule has 0 aromatic heterocycles. The summed E-state index contributed by atoms with van der Waals surface area (Å²) in [6.45, 7) is 5.49. The Hall–Kier alpha value is -0.600. The Morgan fingerprint density at radius 2 is 2.06 bits per heavy atom. The van der Waals surface area contributed by atoms with Crippen molar-refractivity contribution in [1.29, 1.82) is 0 Å². The molecule has 1 fully saturated rings. The van der Waals surface area contributed by atoms with Crippen molar-refractivity contribution in [2.24, 2.45) is 11.8 Å². The predicted molar refractivity (Wildman–Crippen MR) is 74.5 cm³/mol. The van der Waals surface area contributed by atoms with Crippen LogP contribution in [0.1, 0.15) is 32.3 Å². The Morgan fingerprint density at radius 3 is 2.72 bits per heavy atom. The Morgan fingerprint density at radius 1 is 1.33 bits per heavy atom. The maximum Gasteiger partial charge on any atom is 0.142 e. The van der Waals surface area contributed by atoms with Crippen molar-refractivity contribution in [1.82, 2.24) is 5.32 Å². The van der Waals surface area contributed by atoms with Gasteiger partial charge in [0.25, 0.3) is 0 Å². The van der Waals surface area contributed by atoms with E-state index in [2.05, 4.69) is 19.2 Å². The fourth-order valence-electron chi connectivity index (χ4n) is 2.10. The normalized spacial score (nSPS) is 18.7. The lowest BCUT2D eigenvalue weighted by Crippen LogP contribution is -2.27. The number of halogens is 2. The fraction of sp³-hybridized carbons (Fsp3) is 0.600. The lowest BCUT2D eigenvalue weighted by atomic mass is 9.89. The van der Waals surface area contributed by atoms with Gasteiger partial charge in [-0.05, 0) is 49.3 Å². The van der Waals surface area contributed by atoms with E-state index in [4.69, 9.17) is 11.6 Å². The van der Waals surface area contributed by atoms with E-state index in [0.29, 0.717) is 11.8 Å². The van der Waals surface area contributed by atoms with Crippen molar-refractivity contribution in [2.75, 3.05) is 6.54 Å². The first kappa shape index (κ1) is 13.8. The lowest BCUT2D eigenvalue weighted by molar-refractivity contribution is 0.364. The molecule has 1 saturated carbocycles. The van der Waals surface area contributed by atoms with Gasteiger partial charge in [0.05, 0.1) is 5.02 Å². The van der Waals surface area contributed by atoms with E-state index in [1.165, 1.54) is 18.9 Å². The molecular formula is C15H21ClFN. The van der Waals surface area contributed by atoms with Gasteiger partial charge in [0.1, 0.15) is 5.82 Å². The number of rotatable bonds is 6. The van der Waals surface area contributed by atoms with E-state index in [-0.39, 0.29) is 10.8 Å². The largest absolute Gasteiger partial charge is 0.314 e. The second-order valence-corrected chi connectivity index (χ2v) is 5.93. The second-order valence-electron chi connectivity index (χ2n) is 5.55. The molecule has 1 aliphatic rings. The van der Waals surface area contributed by atoms with Gasteiger partial charge in [0, 0.05) is 6.04 Å². The SMILES string of the molecule is CC(CNC1CC1)C(C)Cc1cccc(F)c1Cl. The molecule has 0 aliphatic heterocycles. The fourth-order valence-corrected chi connectivity index (χ4v) is 2.30. The number of hydrogen-bond acceptors (Lipinski definition) is 1. The Labute approximate surface area is 114 Å². The summed E-state index contributed by atoms with van der Waals surface area (Å²) in [6, 6.07) is 5.81. The van der Waals surface area contributed by atoms with Gasteiger partial charge >= 0.3 is 0 Å². The van der Waals surface area contributed by atoms with Crippen molar-refractivity contribution in [2.45, 2.75) is 39.2 Å². The van der Waals surface area contributed by atoms with Crippen LogP contribution in [-0.4, -0.2) is 12.6 Å². The van der Waals surface area contributed by atoms with E-state index in [1.807, 2.05) is 6.07 Å². The summed E-state index contributed by atoms with van der Waals surface area (Å²) in [5, 5.41) is 3.83. The summed E-state index contributed by atoms with van der Waals surface area (Å²) < 4.78 is 13.3. The Kier molecular flexibility index (Phi) is 4.63.